The van der Waals surface area contributed by atoms with Crippen LogP contribution >= 0.6 is 0 Å². The minimum atomic E-state index is -0.0904. The number of hydrogen-bond donors (Lipinski definition) is 1. The summed E-state index contributed by atoms with van der Waals surface area (Å²) in [5.74, 6) is 2.29. The standard InChI is InChI=1S/C18H21N5O2/c1-11(2)16-20-15(25-22-16)10-23-9-5-8-14(23)17-19-13-7-4-3-6-12(13)18(24)21-17/h3-4,6-7,11,14H,5,8-10H2,1-2H3,(H,19,21,24). The average molecular weight is 339 g/mol. The van der Waals surface area contributed by atoms with E-state index in [4.69, 9.17) is 4.52 Å². The molecule has 1 unspecified atom stereocenters. The molecule has 25 heavy (non-hydrogen) atoms. The Balaban J connectivity index is 1.61. The molecule has 2 aromatic heterocycles. The second kappa shape index (κ2) is 6.40. The minimum Gasteiger partial charge on any atom is -0.338 e. The van der Waals surface area contributed by atoms with Gasteiger partial charge >= 0.3 is 0 Å². The maximum absolute atomic E-state index is 12.3. The molecule has 0 bridgehead atoms. The molecule has 1 atom stereocenters. The van der Waals surface area contributed by atoms with Crippen LogP contribution in [0.5, 0.6) is 0 Å². The Labute approximate surface area is 145 Å². The third-order valence-electron chi connectivity index (χ3n) is 4.65. The van der Waals surface area contributed by atoms with Gasteiger partial charge in [0.1, 0.15) is 5.82 Å². The molecule has 1 aliphatic rings. The molecular weight excluding hydrogens is 318 g/mol. The zero-order valence-electron chi connectivity index (χ0n) is 14.4. The molecule has 7 heteroatoms. The van der Waals surface area contributed by atoms with Gasteiger partial charge in [-0.1, -0.05) is 31.1 Å². The third-order valence-corrected chi connectivity index (χ3v) is 4.65. The predicted octanol–water partition coefficient (Wildman–Crippen LogP) is 2.77. The van der Waals surface area contributed by atoms with Crippen molar-refractivity contribution in [1.29, 1.82) is 0 Å². The van der Waals surface area contributed by atoms with Crippen molar-refractivity contribution < 1.29 is 4.52 Å². The molecule has 0 spiro atoms. The summed E-state index contributed by atoms with van der Waals surface area (Å²) in [5, 5.41) is 4.64. The highest BCUT2D eigenvalue weighted by Gasteiger charge is 2.29. The fourth-order valence-corrected chi connectivity index (χ4v) is 3.33. The molecule has 130 valence electrons. The van der Waals surface area contributed by atoms with Gasteiger partial charge in [0.2, 0.25) is 5.89 Å². The summed E-state index contributed by atoms with van der Waals surface area (Å²) in [6.45, 7) is 5.57. The highest BCUT2D eigenvalue weighted by molar-refractivity contribution is 5.77. The molecule has 1 N–H and O–H groups in total. The lowest BCUT2D eigenvalue weighted by Crippen LogP contribution is -2.26. The number of nitrogens with one attached hydrogen (secondary N) is 1. The van der Waals surface area contributed by atoms with E-state index >= 15 is 0 Å². The second-order valence-electron chi connectivity index (χ2n) is 6.80. The SMILES string of the molecule is CC(C)c1noc(CN2CCCC2c2nc3ccccc3c(=O)[nH]2)n1. The molecule has 0 amide bonds. The first kappa shape index (κ1) is 16.0. The fraction of sp³-hybridized carbons (Fsp3) is 0.444. The number of fused-ring (bicyclic) bond motifs is 1. The first-order valence-electron chi connectivity index (χ1n) is 8.67. The summed E-state index contributed by atoms with van der Waals surface area (Å²) in [7, 11) is 0. The molecule has 1 aliphatic heterocycles. The Morgan fingerprint density at radius 1 is 1.32 bits per heavy atom. The van der Waals surface area contributed by atoms with Crippen LogP contribution in [-0.2, 0) is 6.54 Å². The quantitative estimate of drug-likeness (QED) is 0.786. The van der Waals surface area contributed by atoms with Gasteiger partial charge in [-0.15, -0.1) is 0 Å². The predicted molar refractivity (Wildman–Crippen MR) is 93.1 cm³/mol. The van der Waals surface area contributed by atoms with Crippen molar-refractivity contribution in [2.45, 2.75) is 45.2 Å². The van der Waals surface area contributed by atoms with Crippen LogP contribution in [0.15, 0.2) is 33.6 Å². The van der Waals surface area contributed by atoms with Crippen molar-refractivity contribution in [3.8, 4) is 0 Å². The average Bonchev–Trinajstić information content (AvgIpc) is 3.25. The zero-order valence-corrected chi connectivity index (χ0v) is 14.4. The number of rotatable bonds is 4. The molecule has 3 aromatic rings. The van der Waals surface area contributed by atoms with E-state index in [-0.39, 0.29) is 17.5 Å². The number of likely N-dealkylation sites (tertiary alicyclic amines) is 1. The first-order chi connectivity index (χ1) is 12.1. The van der Waals surface area contributed by atoms with Crippen molar-refractivity contribution in [3.05, 3.63) is 52.2 Å². The molecular formula is C18H21N5O2. The van der Waals surface area contributed by atoms with E-state index in [2.05, 4.69) is 25.0 Å². The Bertz CT molecular complexity index is 946. The van der Waals surface area contributed by atoms with Gasteiger partial charge in [0.05, 0.1) is 23.5 Å². The van der Waals surface area contributed by atoms with Crippen molar-refractivity contribution in [1.82, 2.24) is 25.0 Å². The van der Waals surface area contributed by atoms with Gasteiger partial charge in [-0.2, -0.15) is 4.98 Å². The summed E-state index contributed by atoms with van der Waals surface area (Å²) < 4.78 is 5.37. The summed E-state index contributed by atoms with van der Waals surface area (Å²) in [6, 6.07) is 7.48. The molecule has 0 aliphatic carbocycles. The van der Waals surface area contributed by atoms with Gasteiger partial charge in [0, 0.05) is 5.92 Å². The topological polar surface area (TPSA) is 87.9 Å². The minimum absolute atomic E-state index is 0.0618. The zero-order chi connectivity index (χ0) is 17.4. The molecule has 4 rings (SSSR count). The lowest BCUT2D eigenvalue weighted by atomic mass is 10.2. The molecule has 7 nitrogen and oxygen atoms in total. The first-order valence-corrected chi connectivity index (χ1v) is 8.67. The van der Waals surface area contributed by atoms with Crippen LogP contribution in [0.1, 0.15) is 56.2 Å². The molecule has 1 aromatic carbocycles. The van der Waals surface area contributed by atoms with E-state index in [1.165, 1.54) is 0 Å². The summed E-state index contributed by atoms with van der Waals surface area (Å²) in [5.41, 5.74) is 0.639. The summed E-state index contributed by atoms with van der Waals surface area (Å²) in [6.07, 6.45) is 2.00. The highest BCUT2D eigenvalue weighted by atomic mass is 16.5. The van der Waals surface area contributed by atoms with Gasteiger partial charge in [-0.25, -0.2) is 4.98 Å². The van der Waals surface area contributed by atoms with Crippen LogP contribution in [0.25, 0.3) is 10.9 Å². The molecule has 0 saturated carbocycles. The van der Waals surface area contributed by atoms with E-state index in [1.54, 1.807) is 6.07 Å². The number of aromatic amines is 1. The molecule has 1 fully saturated rings. The number of benzene rings is 1. The maximum atomic E-state index is 12.3. The largest absolute Gasteiger partial charge is 0.338 e. The molecule has 3 heterocycles. The monoisotopic (exact) mass is 339 g/mol. The van der Waals surface area contributed by atoms with Gasteiger partial charge in [0.15, 0.2) is 5.82 Å². The Morgan fingerprint density at radius 2 is 2.16 bits per heavy atom. The van der Waals surface area contributed by atoms with Crippen LogP contribution in [-0.4, -0.2) is 31.6 Å². The Morgan fingerprint density at radius 3 is 2.96 bits per heavy atom. The van der Waals surface area contributed by atoms with Gasteiger partial charge in [0.25, 0.3) is 5.56 Å². The lowest BCUT2D eigenvalue weighted by molar-refractivity contribution is 0.206. The number of para-hydroxylation sites is 1. The smallest absolute Gasteiger partial charge is 0.258 e. The Hall–Kier alpha value is -2.54. The normalized spacial score (nSPS) is 18.4. The van der Waals surface area contributed by atoms with E-state index < -0.39 is 0 Å². The maximum Gasteiger partial charge on any atom is 0.258 e. The molecule has 1 saturated heterocycles. The van der Waals surface area contributed by atoms with Crippen molar-refractivity contribution >= 4 is 10.9 Å². The summed E-state index contributed by atoms with van der Waals surface area (Å²) in [4.78, 5) is 26.7. The third kappa shape index (κ3) is 3.07. The second-order valence-corrected chi connectivity index (χ2v) is 6.80. The van der Waals surface area contributed by atoms with E-state index in [0.717, 1.165) is 30.7 Å². The van der Waals surface area contributed by atoms with Crippen LogP contribution in [0.4, 0.5) is 0 Å². The van der Waals surface area contributed by atoms with Crippen LogP contribution in [0, 0.1) is 0 Å². The number of hydrogen-bond acceptors (Lipinski definition) is 6. The van der Waals surface area contributed by atoms with E-state index in [0.29, 0.717) is 23.6 Å². The van der Waals surface area contributed by atoms with Crippen molar-refractivity contribution in [2.24, 2.45) is 0 Å². The number of aromatic nitrogens is 4. The van der Waals surface area contributed by atoms with Crippen molar-refractivity contribution in [2.75, 3.05) is 6.54 Å². The van der Waals surface area contributed by atoms with Crippen LogP contribution in [0.3, 0.4) is 0 Å². The number of nitrogens with zero attached hydrogens (tertiary/aromatic N) is 4. The van der Waals surface area contributed by atoms with Crippen molar-refractivity contribution in [3.63, 3.8) is 0 Å². The van der Waals surface area contributed by atoms with Gasteiger partial charge < -0.3 is 9.51 Å². The fourth-order valence-electron chi connectivity index (χ4n) is 3.33. The highest BCUT2D eigenvalue weighted by Crippen LogP contribution is 2.31. The van der Waals surface area contributed by atoms with E-state index in [9.17, 15) is 4.79 Å². The number of H-pyrrole nitrogens is 1. The van der Waals surface area contributed by atoms with Crippen LogP contribution in [0.2, 0.25) is 0 Å². The summed E-state index contributed by atoms with van der Waals surface area (Å²) >= 11 is 0. The van der Waals surface area contributed by atoms with Crippen LogP contribution < -0.4 is 5.56 Å². The van der Waals surface area contributed by atoms with Gasteiger partial charge in [-0.05, 0) is 31.5 Å². The van der Waals surface area contributed by atoms with E-state index in [1.807, 2.05) is 32.0 Å². The molecule has 0 radical (unpaired) electrons. The lowest BCUT2D eigenvalue weighted by Gasteiger charge is -2.22. The van der Waals surface area contributed by atoms with Gasteiger partial charge in [-0.3, -0.25) is 9.69 Å². The Kier molecular flexibility index (Phi) is 4.09.